The van der Waals surface area contributed by atoms with Crippen LogP contribution in [0.2, 0.25) is 0 Å². The highest BCUT2D eigenvalue weighted by Gasteiger charge is 2.32. The molecule has 0 radical (unpaired) electrons. The van der Waals surface area contributed by atoms with Crippen molar-refractivity contribution in [3.05, 3.63) is 37.9 Å². The SMILES string of the molecule is COC(=O)C1=C(C)NC(=O)NC1c1cc(Br)c(O)c(Br)c1. The van der Waals surface area contributed by atoms with E-state index >= 15 is 0 Å². The van der Waals surface area contributed by atoms with Crippen LogP contribution in [0, 0.1) is 0 Å². The predicted molar refractivity (Wildman–Crippen MR) is 82.6 cm³/mol. The lowest BCUT2D eigenvalue weighted by atomic mass is 9.95. The van der Waals surface area contributed by atoms with Crippen LogP contribution in [-0.4, -0.2) is 24.2 Å². The normalized spacial score (nSPS) is 18.1. The number of allylic oxidation sites excluding steroid dienone is 1. The van der Waals surface area contributed by atoms with Crippen LogP contribution in [0.4, 0.5) is 4.79 Å². The molecule has 0 bridgehead atoms. The standard InChI is InChI=1S/C13H12Br2N2O4/c1-5-9(12(19)21-2)10(17-13(20)16-5)6-3-7(14)11(18)8(15)4-6/h3-4,10,18H,1-2H3,(H2,16,17,20). The van der Waals surface area contributed by atoms with Gasteiger partial charge in [-0.2, -0.15) is 0 Å². The fourth-order valence-electron chi connectivity index (χ4n) is 2.08. The van der Waals surface area contributed by atoms with Gasteiger partial charge >= 0.3 is 12.0 Å². The summed E-state index contributed by atoms with van der Waals surface area (Å²) in [4.78, 5) is 23.6. The average molecular weight is 420 g/mol. The highest BCUT2D eigenvalue weighted by Crippen LogP contribution is 2.37. The van der Waals surface area contributed by atoms with Gasteiger partial charge in [0.25, 0.3) is 0 Å². The number of nitrogens with one attached hydrogen (secondary N) is 2. The van der Waals surface area contributed by atoms with Gasteiger partial charge in [0.2, 0.25) is 0 Å². The van der Waals surface area contributed by atoms with Gasteiger partial charge in [-0.15, -0.1) is 0 Å². The Hall–Kier alpha value is -1.54. The van der Waals surface area contributed by atoms with E-state index in [2.05, 4.69) is 42.5 Å². The molecule has 0 spiro atoms. The fraction of sp³-hybridized carbons (Fsp3) is 0.231. The highest BCUT2D eigenvalue weighted by molar-refractivity contribution is 9.11. The molecule has 0 fully saturated rings. The van der Waals surface area contributed by atoms with E-state index in [9.17, 15) is 14.7 Å². The quantitative estimate of drug-likeness (QED) is 0.643. The van der Waals surface area contributed by atoms with Gasteiger partial charge in [0.15, 0.2) is 0 Å². The number of ether oxygens (including phenoxy) is 1. The van der Waals surface area contributed by atoms with Gasteiger partial charge in [-0.25, -0.2) is 9.59 Å². The Morgan fingerprint density at radius 3 is 2.43 bits per heavy atom. The third kappa shape index (κ3) is 3.06. The number of rotatable bonds is 2. The average Bonchev–Trinajstić information content (AvgIpc) is 2.42. The van der Waals surface area contributed by atoms with E-state index in [0.29, 0.717) is 25.8 Å². The highest BCUT2D eigenvalue weighted by atomic mass is 79.9. The van der Waals surface area contributed by atoms with Crippen molar-refractivity contribution in [2.45, 2.75) is 13.0 Å². The largest absolute Gasteiger partial charge is 0.506 e. The lowest BCUT2D eigenvalue weighted by molar-refractivity contribution is -0.136. The maximum absolute atomic E-state index is 12.0. The van der Waals surface area contributed by atoms with E-state index in [1.807, 2.05) is 0 Å². The minimum Gasteiger partial charge on any atom is -0.506 e. The Balaban J connectivity index is 2.56. The zero-order valence-corrected chi connectivity index (χ0v) is 14.3. The first-order valence-electron chi connectivity index (χ1n) is 5.89. The number of phenols is 1. The van der Waals surface area contributed by atoms with Gasteiger partial charge in [-0.1, -0.05) is 0 Å². The molecule has 1 aromatic rings. The summed E-state index contributed by atoms with van der Waals surface area (Å²) in [6.07, 6.45) is 0. The van der Waals surface area contributed by atoms with Gasteiger partial charge in [-0.3, -0.25) is 0 Å². The van der Waals surface area contributed by atoms with Crippen LogP contribution < -0.4 is 10.6 Å². The fourth-order valence-corrected chi connectivity index (χ4v) is 3.30. The molecule has 8 heteroatoms. The van der Waals surface area contributed by atoms with Crippen LogP contribution in [0.15, 0.2) is 32.3 Å². The molecule has 1 heterocycles. The molecule has 2 amide bonds. The number of carbonyl (C=O) groups excluding carboxylic acids is 2. The van der Waals surface area contributed by atoms with E-state index in [-0.39, 0.29) is 5.75 Å². The lowest BCUT2D eigenvalue weighted by Gasteiger charge is -2.28. The second kappa shape index (κ2) is 6.07. The lowest BCUT2D eigenvalue weighted by Crippen LogP contribution is -2.45. The molecule has 1 unspecified atom stereocenters. The van der Waals surface area contributed by atoms with Gasteiger partial charge in [0, 0.05) is 5.70 Å². The van der Waals surface area contributed by atoms with E-state index in [1.54, 1.807) is 19.1 Å². The number of halogens is 2. The third-order valence-corrected chi connectivity index (χ3v) is 4.26. The molecular formula is C13H12Br2N2O4. The van der Waals surface area contributed by atoms with Crippen LogP contribution in [-0.2, 0) is 9.53 Å². The maximum atomic E-state index is 12.0. The zero-order chi connectivity index (χ0) is 15.7. The summed E-state index contributed by atoms with van der Waals surface area (Å²) in [5.41, 5.74) is 1.36. The van der Waals surface area contributed by atoms with Crippen LogP contribution in [0.5, 0.6) is 5.75 Å². The number of methoxy groups -OCH3 is 1. The first-order chi connectivity index (χ1) is 9.85. The van der Waals surface area contributed by atoms with Crippen molar-refractivity contribution in [2.24, 2.45) is 0 Å². The van der Waals surface area contributed by atoms with Crippen LogP contribution in [0.25, 0.3) is 0 Å². The zero-order valence-electron chi connectivity index (χ0n) is 11.2. The Kier molecular flexibility index (Phi) is 4.58. The van der Waals surface area contributed by atoms with Gasteiger partial charge in [-0.05, 0) is 56.5 Å². The van der Waals surface area contributed by atoms with Gasteiger partial charge in [0.1, 0.15) is 5.75 Å². The van der Waals surface area contributed by atoms with Crippen LogP contribution in [0.1, 0.15) is 18.5 Å². The molecule has 6 nitrogen and oxygen atoms in total. The van der Waals surface area contributed by atoms with Crippen molar-refractivity contribution in [2.75, 3.05) is 7.11 Å². The number of hydrogen-bond donors (Lipinski definition) is 3. The molecule has 21 heavy (non-hydrogen) atoms. The summed E-state index contributed by atoms with van der Waals surface area (Å²) in [6, 6.07) is 2.18. The minimum absolute atomic E-state index is 0.0410. The van der Waals surface area contributed by atoms with Crippen molar-refractivity contribution >= 4 is 43.9 Å². The van der Waals surface area contributed by atoms with E-state index in [0.717, 1.165) is 0 Å². The minimum atomic E-state index is -0.667. The Labute approximate surface area is 137 Å². The number of benzene rings is 1. The van der Waals surface area contributed by atoms with Gasteiger partial charge < -0.3 is 20.5 Å². The number of amides is 2. The predicted octanol–water partition coefficient (Wildman–Crippen LogP) is 2.72. The van der Waals surface area contributed by atoms with Crippen LogP contribution >= 0.6 is 31.9 Å². The first kappa shape index (κ1) is 15.8. The molecule has 0 saturated heterocycles. The first-order valence-corrected chi connectivity index (χ1v) is 7.48. The van der Waals surface area contributed by atoms with Crippen LogP contribution in [0.3, 0.4) is 0 Å². The molecule has 1 aromatic carbocycles. The van der Waals surface area contributed by atoms with Crippen molar-refractivity contribution < 1.29 is 19.4 Å². The number of phenolic OH excluding ortho intramolecular Hbond substituents is 1. The van der Waals surface area contributed by atoms with E-state index in [4.69, 9.17) is 4.74 Å². The number of hydrogen-bond acceptors (Lipinski definition) is 4. The Morgan fingerprint density at radius 1 is 1.33 bits per heavy atom. The molecule has 3 N–H and O–H groups in total. The van der Waals surface area contributed by atoms with Crippen molar-refractivity contribution in [3.8, 4) is 5.75 Å². The molecule has 1 atom stereocenters. The van der Waals surface area contributed by atoms with Crippen molar-refractivity contribution in [1.82, 2.24) is 10.6 Å². The number of aromatic hydroxyl groups is 1. The second-order valence-electron chi connectivity index (χ2n) is 4.39. The van der Waals surface area contributed by atoms with Crippen molar-refractivity contribution in [3.63, 3.8) is 0 Å². The summed E-state index contributed by atoms with van der Waals surface area (Å²) in [6.45, 7) is 1.63. The molecule has 0 aromatic heterocycles. The molecule has 112 valence electrons. The smallest absolute Gasteiger partial charge is 0.337 e. The van der Waals surface area contributed by atoms with Gasteiger partial charge in [0.05, 0.1) is 27.7 Å². The number of esters is 1. The maximum Gasteiger partial charge on any atom is 0.337 e. The molecule has 0 saturated carbocycles. The van der Waals surface area contributed by atoms with E-state index in [1.165, 1.54) is 7.11 Å². The Bertz CT molecular complexity index is 635. The number of urea groups is 1. The second-order valence-corrected chi connectivity index (χ2v) is 6.10. The molecular weight excluding hydrogens is 408 g/mol. The summed E-state index contributed by atoms with van der Waals surface area (Å²) in [5, 5.41) is 15.0. The molecule has 1 aliphatic rings. The van der Waals surface area contributed by atoms with Crippen molar-refractivity contribution in [1.29, 1.82) is 0 Å². The topological polar surface area (TPSA) is 87.7 Å². The molecule has 2 rings (SSSR count). The Morgan fingerprint density at radius 2 is 1.90 bits per heavy atom. The third-order valence-electron chi connectivity index (χ3n) is 3.05. The summed E-state index contributed by atoms with van der Waals surface area (Å²) >= 11 is 6.45. The molecule has 0 aliphatic carbocycles. The monoisotopic (exact) mass is 418 g/mol. The molecule has 1 aliphatic heterocycles. The number of carbonyl (C=O) groups is 2. The van der Waals surface area contributed by atoms with E-state index < -0.39 is 18.0 Å². The summed E-state index contributed by atoms with van der Waals surface area (Å²) in [5.74, 6) is -0.496. The summed E-state index contributed by atoms with van der Waals surface area (Å²) < 4.78 is 5.66. The summed E-state index contributed by atoms with van der Waals surface area (Å²) in [7, 11) is 1.28.